The first kappa shape index (κ1) is 22.5. The Morgan fingerprint density at radius 2 is 2.00 bits per heavy atom. The third-order valence-electron chi connectivity index (χ3n) is 4.51. The monoisotopic (exact) mass is 403 g/mol. The molecule has 0 bridgehead atoms. The van der Waals surface area contributed by atoms with Crippen molar-refractivity contribution in [2.75, 3.05) is 25.0 Å². The van der Waals surface area contributed by atoms with E-state index in [1.54, 1.807) is 23.1 Å². The fourth-order valence-electron chi connectivity index (χ4n) is 3.00. The van der Waals surface area contributed by atoms with Gasteiger partial charge >= 0.3 is 0 Å². The van der Waals surface area contributed by atoms with Gasteiger partial charge in [0.1, 0.15) is 5.75 Å². The lowest BCUT2D eigenvalue weighted by Crippen LogP contribution is -2.34. The van der Waals surface area contributed by atoms with E-state index in [0.29, 0.717) is 36.0 Å². The first-order chi connectivity index (χ1) is 11.9. The van der Waals surface area contributed by atoms with Crippen molar-refractivity contribution in [2.24, 2.45) is 11.7 Å². The van der Waals surface area contributed by atoms with Gasteiger partial charge < -0.3 is 20.7 Å². The van der Waals surface area contributed by atoms with Crippen LogP contribution in [0.4, 0.5) is 5.69 Å². The summed E-state index contributed by atoms with van der Waals surface area (Å²) in [5, 5.41) is 3.22. The number of anilines is 1. The SMILES string of the molecule is CCN(CC)C(=O)COc1ccc(NC(=O)C2CCC(N)C2)cc1Cl.Cl. The van der Waals surface area contributed by atoms with Gasteiger partial charge in [-0.15, -0.1) is 12.4 Å². The number of halogens is 2. The van der Waals surface area contributed by atoms with Crippen LogP contribution in [-0.4, -0.2) is 42.5 Å². The van der Waals surface area contributed by atoms with Crippen molar-refractivity contribution >= 4 is 41.5 Å². The van der Waals surface area contributed by atoms with E-state index < -0.39 is 0 Å². The molecular formula is C18H27Cl2N3O3. The molecule has 1 aromatic rings. The molecular weight excluding hydrogens is 377 g/mol. The Morgan fingerprint density at radius 3 is 2.54 bits per heavy atom. The Morgan fingerprint density at radius 1 is 1.31 bits per heavy atom. The Balaban J connectivity index is 0.00000338. The molecule has 2 amide bonds. The number of carbonyl (C=O) groups is 2. The van der Waals surface area contributed by atoms with Gasteiger partial charge in [-0.05, 0) is 51.3 Å². The second kappa shape index (κ2) is 10.6. The molecule has 6 nitrogen and oxygen atoms in total. The Hall–Kier alpha value is -1.50. The van der Waals surface area contributed by atoms with E-state index in [1.165, 1.54) is 0 Å². The molecule has 8 heteroatoms. The predicted molar refractivity (Wildman–Crippen MR) is 106 cm³/mol. The van der Waals surface area contributed by atoms with E-state index in [9.17, 15) is 9.59 Å². The summed E-state index contributed by atoms with van der Waals surface area (Å²) in [7, 11) is 0. The highest BCUT2D eigenvalue weighted by molar-refractivity contribution is 6.32. The lowest BCUT2D eigenvalue weighted by atomic mass is 10.1. The fourth-order valence-corrected chi connectivity index (χ4v) is 3.24. The number of nitrogens with zero attached hydrogens (tertiary/aromatic N) is 1. The maximum Gasteiger partial charge on any atom is 0.260 e. The number of rotatable bonds is 7. The summed E-state index contributed by atoms with van der Waals surface area (Å²) in [6, 6.07) is 5.12. The molecule has 26 heavy (non-hydrogen) atoms. The summed E-state index contributed by atoms with van der Waals surface area (Å²) in [5.41, 5.74) is 6.46. The normalized spacial score (nSPS) is 18.8. The summed E-state index contributed by atoms with van der Waals surface area (Å²) < 4.78 is 5.50. The van der Waals surface area contributed by atoms with Crippen LogP contribution in [0.2, 0.25) is 5.02 Å². The average Bonchev–Trinajstić information content (AvgIpc) is 3.02. The molecule has 1 aliphatic carbocycles. The molecule has 0 spiro atoms. The molecule has 146 valence electrons. The minimum absolute atomic E-state index is 0. The van der Waals surface area contributed by atoms with Crippen molar-refractivity contribution in [2.45, 2.75) is 39.2 Å². The van der Waals surface area contributed by atoms with E-state index >= 15 is 0 Å². The van der Waals surface area contributed by atoms with Gasteiger partial charge in [0, 0.05) is 30.7 Å². The average molecular weight is 404 g/mol. The van der Waals surface area contributed by atoms with Crippen LogP contribution < -0.4 is 15.8 Å². The standard InChI is InChI=1S/C18H26ClN3O3.ClH/c1-3-22(4-2)17(23)11-25-16-8-7-14(10-15(16)19)21-18(24)12-5-6-13(20)9-12;/h7-8,10,12-13H,3-6,9,11,20H2,1-2H3,(H,21,24);1H. The molecule has 0 aliphatic heterocycles. The summed E-state index contributed by atoms with van der Waals surface area (Å²) in [6.45, 7) is 5.06. The molecule has 0 heterocycles. The number of amides is 2. The van der Waals surface area contributed by atoms with Gasteiger partial charge in [0.25, 0.3) is 5.91 Å². The van der Waals surface area contributed by atoms with Crippen LogP contribution in [0.15, 0.2) is 18.2 Å². The van der Waals surface area contributed by atoms with E-state index in [0.717, 1.165) is 12.8 Å². The van der Waals surface area contributed by atoms with Crippen LogP contribution in [-0.2, 0) is 9.59 Å². The number of likely N-dealkylation sites (N-methyl/N-ethyl adjacent to an activating group) is 1. The number of hydrogen-bond donors (Lipinski definition) is 2. The predicted octanol–water partition coefficient (Wildman–Crippen LogP) is 3.07. The van der Waals surface area contributed by atoms with E-state index in [-0.39, 0.29) is 42.8 Å². The molecule has 2 atom stereocenters. The van der Waals surface area contributed by atoms with Crippen LogP contribution in [0.5, 0.6) is 5.75 Å². The summed E-state index contributed by atoms with van der Waals surface area (Å²) in [4.78, 5) is 25.9. The van der Waals surface area contributed by atoms with E-state index in [2.05, 4.69) is 5.32 Å². The van der Waals surface area contributed by atoms with Crippen LogP contribution in [0.25, 0.3) is 0 Å². The number of carbonyl (C=O) groups excluding carboxylic acids is 2. The Kier molecular flexibility index (Phi) is 9.19. The third-order valence-corrected chi connectivity index (χ3v) is 4.81. The zero-order chi connectivity index (χ0) is 18.4. The number of hydrogen-bond acceptors (Lipinski definition) is 4. The van der Waals surface area contributed by atoms with Gasteiger partial charge in [-0.25, -0.2) is 0 Å². The molecule has 0 saturated heterocycles. The zero-order valence-electron chi connectivity index (χ0n) is 15.2. The van der Waals surface area contributed by atoms with E-state index in [1.807, 2.05) is 13.8 Å². The van der Waals surface area contributed by atoms with Crippen molar-refractivity contribution in [3.05, 3.63) is 23.2 Å². The summed E-state index contributed by atoms with van der Waals surface area (Å²) in [5.74, 6) is 0.255. The van der Waals surface area contributed by atoms with Crippen LogP contribution in [0.1, 0.15) is 33.1 Å². The van der Waals surface area contributed by atoms with Gasteiger partial charge in [0.15, 0.2) is 6.61 Å². The molecule has 1 aromatic carbocycles. The van der Waals surface area contributed by atoms with Crippen LogP contribution in [0.3, 0.4) is 0 Å². The third kappa shape index (κ3) is 6.04. The molecule has 2 unspecified atom stereocenters. The Bertz CT molecular complexity index is 624. The molecule has 1 saturated carbocycles. The number of ether oxygens (including phenoxy) is 1. The summed E-state index contributed by atoms with van der Waals surface area (Å²) in [6.07, 6.45) is 2.41. The van der Waals surface area contributed by atoms with Gasteiger partial charge in [0.05, 0.1) is 5.02 Å². The maximum absolute atomic E-state index is 12.2. The largest absolute Gasteiger partial charge is 0.482 e. The van der Waals surface area contributed by atoms with E-state index in [4.69, 9.17) is 22.1 Å². The Labute approximate surface area is 165 Å². The smallest absolute Gasteiger partial charge is 0.260 e. The van der Waals surface area contributed by atoms with Crippen LogP contribution in [0, 0.1) is 5.92 Å². The highest BCUT2D eigenvalue weighted by Gasteiger charge is 2.27. The highest BCUT2D eigenvalue weighted by Crippen LogP contribution is 2.29. The van der Waals surface area contributed by atoms with Gasteiger partial charge in [0.2, 0.25) is 5.91 Å². The molecule has 1 aliphatic rings. The molecule has 2 rings (SSSR count). The number of nitrogens with two attached hydrogens (primary N) is 1. The maximum atomic E-state index is 12.2. The second-order valence-corrected chi connectivity index (χ2v) is 6.67. The summed E-state index contributed by atoms with van der Waals surface area (Å²) >= 11 is 6.21. The quantitative estimate of drug-likeness (QED) is 0.732. The molecule has 3 N–H and O–H groups in total. The van der Waals surface area contributed by atoms with Crippen molar-refractivity contribution in [3.8, 4) is 5.75 Å². The van der Waals surface area contributed by atoms with Gasteiger partial charge in [-0.2, -0.15) is 0 Å². The molecule has 0 radical (unpaired) electrons. The van der Waals surface area contributed by atoms with Crippen molar-refractivity contribution < 1.29 is 14.3 Å². The van der Waals surface area contributed by atoms with Gasteiger partial charge in [-0.3, -0.25) is 9.59 Å². The number of nitrogens with one attached hydrogen (secondary N) is 1. The first-order valence-corrected chi connectivity index (χ1v) is 9.08. The number of benzene rings is 1. The molecule has 0 aromatic heterocycles. The highest BCUT2D eigenvalue weighted by atomic mass is 35.5. The van der Waals surface area contributed by atoms with Crippen LogP contribution >= 0.6 is 24.0 Å². The minimum atomic E-state index is -0.0870. The lowest BCUT2D eigenvalue weighted by molar-refractivity contribution is -0.133. The van der Waals surface area contributed by atoms with Crippen molar-refractivity contribution in [3.63, 3.8) is 0 Å². The molecule has 1 fully saturated rings. The van der Waals surface area contributed by atoms with Gasteiger partial charge in [-0.1, -0.05) is 11.6 Å². The second-order valence-electron chi connectivity index (χ2n) is 6.26. The van der Waals surface area contributed by atoms with Crippen molar-refractivity contribution in [1.82, 2.24) is 4.90 Å². The zero-order valence-corrected chi connectivity index (χ0v) is 16.7. The minimum Gasteiger partial charge on any atom is -0.482 e. The lowest BCUT2D eigenvalue weighted by Gasteiger charge is -2.19. The topological polar surface area (TPSA) is 84.7 Å². The first-order valence-electron chi connectivity index (χ1n) is 8.71. The fraction of sp³-hybridized carbons (Fsp3) is 0.556. The van der Waals surface area contributed by atoms with Crippen molar-refractivity contribution in [1.29, 1.82) is 0 Å².